The fraction of sp³-hybridized carbons (Fsp3) is 0.158. The van der Waals surface area contributed by atoms with Crippen LogP contribution in [0.25, 0.3) is 5.69 Å². The number of nitrogens with zero attached hydrogens (tertiary/aromatic N) is 1. The molecule has 7 heteroatoms. The van der Waals surface area contributed by atoms with Gasteiger partial charge < -0.3 is 10.4 Å². The molecular formula is C19H16ClN3O3. The first-order valence-electron chi connectivity index (χ1n) is 8.21. The van der Waals surface area contributed by atoms with Crippen LogP contribution in [0.2, 0.25) is 5.02 Å². The molecule has 0 amide bonds. The predicted molar refractivity (Wildman–Crippen MR) is 99.3 cm³/mol. The van der Waals surface area contributed by atoms with E-state index in [1.807, 2.05) is 24.3 Å². The second-order valence-corrected chi connectivity index (χ2v) is 6.58. The maximum atomic E-state index is 12.5. The second-order valence-electron chi connectivity index (χ2n) is 6.15. The number of benzene rings is 2. The Morgan fingerprint density at radius 2 is 1.92 bits per heavy atom. The number of halogens is 1. The van der Waals surface area contributed by atoms with Gasteiger partial charge in [-0.15, -0.1) is 0 Å². The van der Waals surface area contributed by atoms with E-state index in [1.54, 1.807) is 24.3 Å². The van der Waals surface area contributed by atoms with E-state index in [0.29, 0.717) is 17.3 Å². The lowest BCUT2D eigenvalue weighted by Gasteiger charge is -2.27. The molecule has 132 valence electrons. The topological polar surface area (TPSA) is 87.1 Å². The monoisotopic (exact) mass is 369 g/mol. The largest absolute Gasteiger partial charge is 0.494 e. The number of nitrogens with one attached hydrogen (secondary N) is 2. The van der Waals surface area contributed by atoms with Gasteiger partial charge in [-0.25, -0.2) is 9.36 Å². The zero-order valence-corrected chi connectivity index (χ0v) is 14.5. The maximum Gasteiger partial charge on any atom is 0.335 e. The highest BCUT2D eigenvalue weighted by Crippen LogP contribution is 2.31. The number of aromatic amines is 1. The van der Waals surface area contributed by atoms with E-state index in [9.17, 15) is 14.7 Å². The molecule has 0 saturated carbocycles. The summed E-state index contributed by atoms with van der Waals surface area (Å²) in [5, 5.41) is 14.5. The molecule has 2 heterocycles. The molecule has 3 N–H and O–H groups in total. The molecule has 0 spiro atoms. The average molecular weight is 370 g/mol. The van der Waals surface area contributed by atoms with E-state index >= 15 is 0 Å². The zero-order chi connectivity index (χ0) is 18.3. The summed E-state index contributed by atoms with van der Waals surface area (Å²) in [6.07, 6.45) is 0.833. The fourth-order valence-corrected chi connectivity index (χ4v) is 3.60. The first-order valence-corrected chi connectivity index (χ1v) is 8.59. The normalized spacial score (nSPS) is 16.3. The summed E-state index contributed by atoms with van der Waals surface area (Å²) < 4.78 is 1.06. The van der Waals surface area contributed by atoms with Crippen LogP contribution in [0.4, 0.5) is 0 Å². The maximum absolute atomic E-state index is 12.5. The third kappa shape index (κ3) is 2.73. The zero-order valence-electron chi connectivity index (χ0n) is 13.7. The van der Waals surface area contributed by atoms with Gasteiger partial charge in [0.05, 0.1) is 17.3 Å². The predicted octanol–water partition coefficient (Wildman–Crippen LogP) is 2.12. The quantitative estimate of drug-likeness (QED) is 0.645. The minimum atomic E-state index is -0.720. The Bertz CT molecular complexity index is 1100. The molecule has 6 nitrogen and oxygen atoms in total. The van der Waals surface area contributed by atoms with Crippen molar-refractivity contribution in [3.05, 3.63) is 91.1 Å². The Kier molecular flexibility index (Phi) is 4.14. The molecule has 1 atom stereocenters. The minimum Gasteiger partial charge on any atom is -0.494 e. The lowest BCUT2D eigenvalue weighted by Crippen LogP contribution is -2.38. The van der Waals surface area contributed by atoms with Crippen LogP contribution in [0, 0.1) is 0 Å². The van der Waals surface area contributed by atoms with E-state index < -0.39 is 23.2 Å². The summed E-state index contributed by atoms with van der Waals surface area (Å²) in [5.74, 6) is -0.393. The smallest absolute Gasteiger partial charge is 0.335 e. The number of aromatic nitrogens is 2. The van der Waals surface area contributed by atoms with Gasteiger partial charge in [-0.3, -0.25) is 9.78 Å². The van der Waals surface area contributed by atoms with Crippen molar-refractivity contribution in [1.29, 1.82) is 0 Å². The van der Waals surface area contributed by atoms with Crippen LogP contribution in [-0.4, -0.2) is 21.2 Å². The Morgan fingerprint density at radius 1 is 1.12 bits per heavy atom. The summed E-state index contributed by atoms with van der Waals surface area (Å²) >= 11 is 6.00. The van der Waals surface area contributed by atoms with Crippen LogP contribution < -0.4 is 16.6 Å². The molecule has 2 aromatic carbocycles. The van der Waals surface area contributed by atoms with Gasteiger partial charge >= 0.3 is 5.69 Å². The van der Waals surface area contributed by atoms with Crippen molar-refractivity contribution in [2.45, 2.75) is 12.5 Å². The first-order chi connectivity index (χ1) is 12.6. The first kappa shape index (κ1) is 16.6. The van der Waals surface area contributed by atoms with Crippen LogP contribution in [0.3, 0.4) is 0 Å². The third-order valence-corrected chi connectivity index (χ3v) is 4.82. The van der Waals surface area contributed by atoms with Gasteiger partial charge in [0.15, 0.2) is 0 Å². The van der Waals surface area contributed by atoms with Crippen LogP contribution in [0.5, 0.6) is 5.88 Å². The van der Waals surface area contributed by atoms with Crippen molar-refractivity contribution in [1.82, 2.24) is 14.9 Å². The number of fused-ring (bicyclic) bond motifs is 1. The van der Waals surface area contributed by atoms with Gasteiger partial charge in [0.25, 0.3) is 5.56 Å². The molecule has 0 bridgehead atoms. The lowest BCUT2D eigenvalue weighted by atomic mass is 9.90. The summed E-state index contributed by atoms with van der Waals surface area (Å²) in [7, 11) is 0. The molecule has 1 aliphatic rings. The molecule has 26 heavy (non-hydrogen) atoms. The molecule has 1 aromatic heterocycles. The molecular weight excluding hydrogens is 354 g/mol. The number of rotatable bonds is 2. The molecule has 1 aliphatic heterocycles. The second kappa shape index (κ2) is 6.48. The summed E-state index contributed by atoms with van der Waals surface area (Å²) in [6.45, 7) is 0.664. The Morgan fingerprint density at radius 3 is 2.73 bits per heavy atom. The Balaban J connectivity index is 1.96. The van der Waals surface area contributed by atoms with Crippen LogP contribution in [-0.2, 0) is 6.42 Å². The highest BCUT2D eigenvalue weighted by molar-refractivity contribution is 6.30. The van der Waals surface area contributed by atoms with Crippen LogP contribution >= 0.6 is 11.6 Å². The molecule has 3 aromatic rings. The van der Waals surface area contributed by atoms with Crippen molar-refractivity contribution >= 4 is 11.6 Å². The number of hydrogen-bond donors (Lipinski definition) is 3. The summed E-state index contributed by atoms with van der Waals surface area (Å²) in [4.78, 5) is 27.2. The molecule has 4 rings (SSSR count). The van der Waals surface area contributed by atoms with Gasteiger partial charge in [-0.1, -0.05) is 41.9 Å². The van der Waals surface area contributed by atoms with E-state index in [2.05, 4.69) is 10.3 Å². The van der Waals surface area contributed by atoms with Gasteiger partial charge in [0.1, 0.15) is 0 Å². The van der Waals surface area contributed by atoms with Gasteiger partial charge in [0, 0.05) is 11.6 Å². The summed E-state index contributed by atoms with van der Waals surface area (Å²) in [5.41, 5.74) is 1.17. The van der Waals surface area contributed by atoms with Gasteiger partial charge in [-0.2, -0.15) is 0 Å². The SMILES string of the molecule is O=c1[nH]c(=O)n(-c2cccc(Cl)c2)c(O)c1[C@@H]1NCCc2ccccc21. The van der Waals surface area contributed by atoms with E-state index in [1.165, 1.54) is 0 Å². The molecule has 0 unspecified atom stereocenters. The highest BCUT2D eigenvalue weighted by Gasteiger charge is 2.28. The van der Waals surface area contributed by atoms with Crippen molar-refractivity contribution in [2.24, 2.45) is 0 Å². The van der Waals surface area contributed by atoms with E-state index in [4.69, 9.17) is 11.6 Å². The Hall–Kier alpha value is -2.83. The average Bonchev–Trinajstić information content (AvgIpc) is 2.61. The van der Waals surface area contributed by atoms with Crippen LogP contribution in [0.1, 0.15) is 22.7 Å². The third-order valence-electron chi connectivity index (χ3n) is 4.58. The molecule has 0 fully saturated rings. The van der Waals surface area contributed by atoms with Crippen molar-refractivity contribution in [2.75, 3.05) is 6.54 Å². The summed E-state index contributed by atoms with van der Waals surface area (Å²) in [6, 6.07) is 13.8. The Labute approximate surface area is 153 Å². The minimum absolute atomic E-state index is 0.108. The fourth-order valence-electron chi connectivity index (χ4n) is 3.42. The van der Waals surface area contributed by atoms with Gasteiger partial charge in [0.2, 0.25) is 5.88 Å². The number of hydrogen-bond acceptors (Lipinski definition) is 4. The number of H-pyrrole nitrogens is 1. The molecule has 0 saturated heterocycles. The van der Waals surface area contributed by atoms with Crippen molar-refractivity contribution < 1.29 is 5.11 Å². The standard InChI is InChI=1S/C19H16ClN3O3/c20-12-5-3-6-13(10-12)23-18(25)15(17(24)22-19(23)26)16-14-7-2-1-4-11(14)8-9-21-16/h1-7,10,16,21,25H,8-9H2,(H,22,24,26)/t16-/m1/s1. The van der Waals surface area contributed by atoms with Crippen molar-refractivity contribution in [3.63, 3.8) is 0 Å². The number of aromatic hydroxyl groups is 1. The van der Waals surface area contributed by atoms with E-state index in [0.717, 1.165) is 22.1 Å². The molecule has 0 aliphatic carbocycles. The lowest BCUT2D eigenvalue weighted by molar-refractivity contribution is 0.410. The highest BCUT2D eigenvalue weighted by atomic mass is 35.5. The molecule has 0 radical (unpaired) electrons. The van der Waals surface area contributed by atoms with Gasteiger partial charge in [-0.05, 0) is 35.7 Å². The van der Waals surface area contributed by atoms with Crippen molar-refractivity contribution in [3.8, 4) is 11.6 Å². The van der Waals surface area contributed by atoms with Crippen LogP contribution in [0.15, 0.2) is 58.1 Å². The van der Waals surface area contributed by atoms with E-state index in [-0.39, 0.29) is 5.56 Å².